The molecule has 0 saturated heterocycles. The number of hydrogen-bond acceptors (Lipinski definition) is 6. The van der Waals surface area contributed by atoms with Crippen molar-refractivity contribution in [2.24, 2.45) is 0 Å². The maximum Gasteiger partial charge on any atom is 0.183 e. The molecular weight excluding hydrogens is 216 g/mol. The first-order valence-corrected chi connectivity index (χ1v) is 3.29. The molecule has 0 atom stereocenters. The SMILES string of the molecule is C.C.C.C.COCOCOOCOCOC. The Balaban J connectivity index is -0.000000101. The van der Waals surface area contributed by atoms with E-state index in [1.807, 2.05) is 0 Å². The molecule has 106 valence electrons. The summed E-state index contributed by atoms with van der Waals surface area (Å²) in [5, 5.41) is 0. The van der Waals surface area contributed by atoms with Crippen LogP contribution < -0.4 is 0 Å². The summed E-state index contributed by atoms with van der Waals surface area (Å²) in [6.45, 7) is 0.346. The van der Waals surface area contributed by atoms with E-state index < -0.39 is 0 Å². The molecule has 0 aromatic carbocycles. The molecule has 0 bridgehead atoms. The van der Waals surface area contributed by atoms with Crippen molar-refractivity contribution in [1.82, 2.24) is 0 Å². The molecule has 16 heavy (non-hydrogen) atoms. The standard InChI is InChI=1S/C6H14O6.4CH4/c1-7-3-9-5-11-12-6-10-4-8-2;;;;/h3-6H2,1-2H3;4*1H4. The molecule has 0 amide bonds. The fourth-order valence-corrected chi connectivity index (χ4v) is 0.371. The molecule has 0 aromatic heterocycles. The summed E-state index contributed by atoms with van der Waals surface area (Å²) in [5.41, 5.74) is 0. The third kappa shape index (κ3) is 29.2. The minimum atomic E-state index is 0. The molecular formula is C10H30O6. The van der Waals surface area contributed by atoms with Gasteiger partial charge in [-0.2, -0.15) is 0 Å². The van der Waals surface area contributed by atoms with Gasteiger partial charge in [-0.15, -0.1) is 0 Å². The third-order valence-corrected chi connectivity index (χ3v) is 0.749. The summed E-state index contributed by atoms with van der Waals surface area (Å²) in [4.78, 5) is 9.00. The van der Waals surface area contributed by atoms with Crippen molar-refractivity contribution in [3.05, 3.63) is 0 Å². The molecule has 0 aliphatic carbocycles. The van der Waals surface area contributed by atoms with Crippen LogP contribution in [0.25, 0.3) is 0 Å². The molecule has 0 spiro atoms. The number of hydrogen-bond donors (Lipinski definition) is 0. The van der Waals surface area contributed by atoms with Crippen molar-refractivity contribution in [2.75, 3.05) is 41.4 Å². The fraction of sp³-hybridized carbons (Fsp3) is 1.00. The van der Waals surface area contributed by atoms with Gasteiger partial charge in [0, 0.05) is 14.2 Å². The van der Waals surface area contributed by atoms with Gasteiger partial charge in [0.25, 0.3) is 0 Å². The Morgan fingerprint density at radius 2 is 0.875 bits per heavy atom. The Kier molecular flexibility index (Phi) is 54.4. The lowest BCUT2D eigenvalue weighted by molar-refractivity contribution is -0.379. The second kappa shape index (κ2) is 29.3. The lowest BCUT2D eigenvalue weighted by Gasteiger charge is -2.04. The van der Waals surface area contributed by atoms with Gasteiger partial charge in [0.2, 0.25) is 0 Å². The van der Waals surface area contributed by atoms with Crippen LogP contribution >= 0.6 is 0 Å². The summed E-state index contributed by atoms with van der Waals surface area (Å²) in [6.07, 6.45) is 0. The molecule has 0 unspecified atom stereocenters. The lowest BCUT2D eigenvalue weighted by Crippen LogP contribution is -2.07. The van der Waals surface area contributed by atoms with Gasteiger partial charge in [-0.1, -0.05) is 29.7 Å². The van der Waals surface area contributed by atoms with Crippen LogP contribution in [-0.4, -0.2) is 41.4 Å². The van der Waals surface area contributed by atoms with E-state index in [9.17, 15) is 0 Å². The second-order valence-electron chi connectivity index (χ2n) is 1.69. The average molecular weight is 246 g/mol. The average Bonchev–Trinajstić information content (AvgIpc) is 2.10. The smallest absolute Gasteiger partial charge is 0.183 e. The fourth-order valence-electron chi connectivity index (χ4n) is 0.371. The van der Waals surface area contributed by atoms with Gasteiger partial charge in [-0.3, -0.25) is 0 Å². The van der Waals surface area contributed by atoms with E-state index in [1.165, 1.54) is 14.2 Å². The number of ether oxygens (including phenoxy) is 4. The highest BCUT2D eigenvalue weighted by Gasteiger charge is 1.88. The van der Waals surface area contributed by atoms with Crippen LogP contribution in [-0.2, 0) is 28.7 Å². The molecule has 0 heterocycles. The van der Waals surface area contributed by atoms with Gasteiger partial charge in [0.1, 0.15) is 13.6 Å². The van der Waals surface area contributed by atoms with Gasteiger partial charge in [-0.05, 0) is 0 Å². The molecule has 0 aliphatic rings. The molecule has 0 fully saturated rings. The molecule has 0 N–H and O–H groups in total. The first-order chi connectivity index (χ1) is 5.91. The van der Waals surface area contributed by atoms with Crippen LogP contribution in [0.2, 0.25) is 0 Å². The Hall–Kier alpha value is -0.240. The van der Waals surface area contributed by atoms with E-state index in [0.717, 1.165) is 0 Å². The topological polar surface area (TPSA) is 55.4 Å². The van der Waals surface area contributed by atoms with E-state index in [0.29, 0.717) is 0 Å². The van der Waals surface area contributed by atoms with Gasteiger partial charge in [0.05, 0.1) is 0 Å². The minimum absolute atomic E-state index is 0. The quantitative estimate of drug-likeness (QED) is 0.270. The first-order valence-electron chi connectivity index (χ1n) is 3.29. The van der Waals surface area contributed by atoms with Crippen molar-refractivity contribution in [3.63, 3.8) is 0 Å². The van der Waals surface area contributed by atoms with Gasteiger partial charge in [-0.25, -0.2) is 9.78 Å². The summed E-state index contributed by atoms with van der Waals surface area (Å²) in [6, 6.07) is 0. The molecule has 6 heteroatoms. The van der Waals surface area contributed by atoms with Crippen LogP contribution in [0, 0.1) is 0 Å². The highest BCUT2D eigenvalue weighted by atomic mass is 17.2. The Morgan fingerprint density at radius 1 is 0.562 bits per heavy atom. The van der Waals surface area contributed by atoms with Crippen molar-refractivity contribution >= 4 is 0 Å². The predicted molar refractivity (Wildman–Crippen MR) is 64.8 cm³/mol. The van der Waals surface area contributed by atoms with Crippen LogP contribution in [0.1, 0.15) is 29.7 Å². The Morgan fingerprint density at radius 3 is 1.12 bits per heavy atom. The predicted octanol–water partition coefficient (Wildman–Crippen LogP) is 2.64. The van der Waals surface area contributed by atoms with E-state index in [4.69, 9.17) is 9.47 Å². The molecule has 6 nitrogen and oxygen atoms in total. The van der Waals surface area contributed by atoms with Crippen molar-refractivity contribution in [3.8, 4) is 0 Å². The summed E-state index contributed by atoms with van der Waals surface area (Å²) < 4.78 is 18.6. The molecule has 0 aliphatic heterocycles. The zero-order valence-electron chi connectivity index (χ0n) is 7.28. The normalized spacial score (nSPS) is 7.88. The van der Waals surface area contributed by atoms with E-state index in [-0.39, 0.29) is 56.9 Å². The summed E-state index contributed by atoms with van der Waals surface area (Å²) in [5.74, 6) is 0. The number of rotatable bonds is 9. The second-order valence-corrected chi connectivity index (χ2v) is 1.69. The van der Waals surface area contributed by atoms with Gasteiger partial charge >= 0.3 is 0 Å². The monoisotopic (exact) mass is 246 g/mol. The highest BCUT2D eigenvalue weighted by Crippen LogP contribution is 1.83. The van der Waals surface area contributed by atoms with Crippen LogP contribution in [0.5, 0.6) is 0 Å². The molecule has 0 saturated carbocycles. The zero-order chi connectivity index (χ0) is 9.07. The van der Waals surface area contributed by atoms with Gasteiger partial charge < -0.3 is 18.9 Å². The summed E-state index contributed by atoms with van der Waals surface area (Å²) >= 11 is 0. The highest BCUT2D eigenvalue weighted by molar-refractivity contribution is 3.97. The van der Waals surface area contributed by atoms with Gasteiger partial charge in [0.15, 0.2) is 13.6 Å². The van der Waals surface area contributed by atoms with Crippen molar-refractivity contribution in [2.45, 2.75) is 29.7 Å². The molecule has 0 aromatic rings. The minimum Gasteiger partial charge on any atom is -0.359 e. The molecule has 0 radical (unpaired) electrons. The maximum atomic E-state index is 4.73. The van der Waals surface area contributed by atoms with Crippen molar-refractivity contribution in [1.29, 1.82) is 0 Å². The van der Waals surface area contributed by atoms with Crippen LogP contribution in [0.4, 0.5) is 0 Å². The zero-order valence-corrected chi connectivity index (χ0v) is 7.28. The summed E-state index contributed by atoms with van der Waals surface area (Å²) in [7, 11) is 3.03. The Labute approximate surface area is 101 Å². The maximum absolute atomic E-state index is 4.73. The van der Waals surface area contributed by atoms with Crippen LogP contribution in [0.3, 0.4) is 0 Å². The number of methoxy groups -OCH3 is 2. The van der Waals surface area contributed by atoms with E-state index in [2.05, 4.69) is 19.2 Å². The molecule has 0 rings (SSSR count). The van der Waals surface area contributed by atoms with Crippen LogP contribution in [0.15, 0.2) is 0 Å². The third-order valence-electron chi connectivity index (χ3n) is 0.749. The van der Waals surface area contributed by atoms with E-state index >= 15 is 0 Å². The lowest BCUT2D eigenvalue weighted by atomic mass is 11.3. The van der Waals surface area contributed by atoms with E-state index in [1.54, 1.807) is 0 Å². The van der Waals surface area contributed by atoms with Crippen molar-refractivity contribution < 1.29 is 28.7 Å². The largest absolute Gasteiger partial charge is 0.359 e. The Bertz CT molecular complexity index is 71.7. The first kappa shape index (κ1) is 29.7.